The number of halogens is 2. The summed E-state index contributed by atoms with van der Waals surface area (Å²) in [5.41, 5.74) is 3.67. The van der Waals surface area contributed by atoms with Gasteiger partial charge in [-0.1, -0.05) is 24.8 Å². The van der Waals surface area contributed by atoms with Crippen LogP contribution >= 0.6 is 11.3 Å². The fourth-order valence-corrected chi connectivity index (χ4v) is 4.66. The van der Waals surface area contributed by atoms with E-state index >= 15 is 0 Å². The molecule has 3 nitrogen and oxygen atoms in total. The topological polar surface area (TPSA) is 35.8 Å². The molecule has 158 valence electrons. The Labute approximate surface area is 184 Å². The summed E-state index contributed by atoms with van der Waals surface area (Å²) in [7, 11) is 0. The van der Waals surface area contributed by atoms with Gasteiger partial charge in [0.15, 0.2) is 11.6 Å². The molecule has 31 heavy (non-hydrogen) atoms. The molecule has 4 rings (SSSR count). The van der Waals surface area contributed by atoms with Gasteiger partial charge in [0.25, 0.3) is 0 Å². The molecule has 0 fully saturated rings. The van der Waals surface area contributed by atoms with E-state index < -0.39 is 11.6 Å². The van der Waals surface area contributed by atoms with Crippen LogP contribution in [-0.4, -0.2) is 22.4 Å². The summed E-state index contributed by atoms with van der Waals surface area (Å²) in [5, 5.41) is 10.4. The summed E-state index contributed by atoms with van der Waals surface area (Å²) in [6.45, 7) is 8.75. The molecular weight excluding hydrogens is 414 g/mol. The zero-order chi connectivity index (χ0) is 22.1. The fraction of sp³-hybridized carbons (Fsp3) is 0.160. The molecule has 0 amide bonds. The molecular formula is C25H22F2N2OS. The van der Waals surface area contributed by atoms with Gasteiger partial charge in [-0.05, 0) is 62.2 Å². The van der Waals surface area contributed by atoms with Crippen LogP contribution in [0.5, 0.6) is 5.75 Å². The first-order chi connectivity index (χ1) is 14.8. The molecule has 0 radical (unpaired) electrons. The van der Waals surface area contributed by atoms with Gasteiger partial charge < -0.3 is 10.0 Å². The number of rotatable bonds is 5. The number of nitrogens with zero attached hydrogens (tertiary/aromatic N) is 2. The van der Waals surface area contributed by atoms with E-state index in [9.17, 15) is 13.9 Å². The lowest BCUT2D eigenvalue weighted by Crippen LogP contribution is -2.35. The molecule has 1 aliphatic rings. The molecule has 0 saturated heterocycles. The predicted molar refractivity (Wildman–Crippen MR) is 122 cm³/mol. The summed E-state index contributed by atoms with van der Waals surface area (Å²) in [6.07, 6.45) is 0.601. The van der Waals surface area contributed by atoms with E-state index in [2.05, 4.69) is 6.58 Å². The summed E-state index contributed by atoms with van der Waals surface area (Å²) in [6, 6.07) is 14.8. The van der Waals surface area contributed by atoms with E-state index in [0.717, 1.165) is 27.4 Å². The van der Waals surface area contributed by atoms with Gasteiger partial charge in [0.05, 0.1) is 11.3 Å². The van der Waals surface area contributed by atoms with Gasteiger partial charge in [0.2, 0.25) is 0 Å². The van der Waals surface area contributed by atoms with Crippen LogP contribution in [0.3, 0.4) is 0 Å². The summed E-state index contributed by atoms with van der Waals surface area (Å²) < 4.78 is 27.4. The molecule has 0 saturated carbocycles. The van der Waals surface area contributed by atoms with Crippen LogP contribution in [0.25, 0.3) is 5.57 Å². The maximum Gasteiger partial charge on any atom is 0.165 e. The number of amidine groups is 1. The monoisotopic (exact) mass is 436 g/mol. The van der Waals surface area contributed by atoms with Crippen LogP contribution in [-0.2, 0) is 6.42 Å². The number of benzene rings is 2. The third-order valence-corrected chi connectivity index (χ3v) is 6.28. The lowest BCUT2D eigenvalue weighted by molar-refractivity contribution is 0.428. The Hall–Kier alpha value is -3.25. The molecule has 0 aliphatic carbocycles. The summed E-state index contributed by atoms with van der Waals surface area (Å²) >= 11 is 1.66. The van der Waals surface area contributed by atoms with Gasteiger partial charge in [-0.25, -0.2) is 13.8 Å². The highest BCUT2D eigenvalue weighted by Gasteiger charge is 2.28. The van der Waals surface area contributed by atoms with E-state index in [1.165, 1.54) is 23.1 Å². The maximum absolute atomic E-state index is 14.1. The molecule has 0 bridgehead atoms. The number of phenols is 1. The highest BCUT2D eigenvalue weighted by molar-refractivity contribution is 7.13. The maximum atomic E-state index is 14.1. The zero-order valence-electron chi connectivity index (χ0n) is 17.3. The zero-order valence-corrected chi connectivity index (χ0v) is 18.1. The first-order valence-corrected chi connectivity index (χ1v) is 10.7. The molecule has 3 aromatic rings. The van der Waals surface area contributed by atoms with Crippen molar-refractivity contribution < 1.29 is 13.9 Å². The van der Waals surface area contributed by atoms with Gasteiger partial charge in [-0.2, -0.15) is 0 Å². The van der Waals surface area contributed by atoms with Crippen LogP contribution in [0.15, 0.2) is 77.6 Å². The smallest absolute Gasteiger partial charge is 0.165 e. The highest BCUT2D eigenvalue weighted by Crippen LogP contribution is 2.38. The quantitative estimate of drug-likeness (QED) is 0.510. The molecule has 6 heteroatoms. The second-order valence-electron chi connectivity index (χ2n) is 7.42. The van der Waals surface area contributed by atoms with E-state index in [1.54, 1.807) is 35.6 Å². The lowest BCUT2D eigenvalue weighted by atomic mass is 10.0. The number of phenolic OH excluding ortho intramolecular Hbond substituents is 1. The second-order valence-corrected chi connectivity index (χ2v) is 8.70. The number of para-hydroxylation sites is 1. The molecule has 0 spiro atoms. The van der Waals surface area contributed by atoms with E-state index in [4.69, 9.17) is 4.99 Å². The van der Waals surface area contributed by atoms with Crippen LogP contribution < -0.4 is 0 Å². The molecule has 2 aromatic carbocycles. The van der Waals surface area contributed by atoms with Crippen LogP contribution in [0.1, 0.15) is 27.8 Å². The normalized spacial score (nSPS) is 14.3. The SMILES string of the molecule is C=C1C(c2ccc(C)s2)=C(C)N=C(c2cccc(F)c2O)N1CCc1ccc(F)cc1. The van der Waals surface area contributed by atoms with E-state index in [0.29, 0.717) is 24.4 Å². The molecule has 2 heterocycles. The minimum Gasteiger partial charge on any atom is -0.504 e. The van der Waals surface area contributed by atoms with Crippen LogP contribution in [0.2, 0.25) is 0 Å². The Bertz CT molecular complexity index is 1210. The molecule has 0 unspecified atom stereocenters. The van der Waals surface area contributed by atoms with Crippen molar-refractivity contribution in [3.63, 3.8) is 0 Å². The standard InChI is InChI=1S/C25H22F2N2OS/c1-15-7-12-22(31-15)23-16(2)28-25(20-5-4-6-21(27)24(20)30)29(17(23)3)14-13-18-8-10-19(26)11-9-18/h4-12,30H,3,13-14H2,1-2H3. The van der Waals surface area contributed by atoms with E-state index in [-0.39, 0.29) is 5.82 Å². The number of aliphatic imine (C=N–C) groups is 1. The van der Waals surface area contributed by atoms with Crippen LogP contribution in [0.4, 0.5) is 8.78 Å². The molecule has 1 aromatic heterocycles. The molecule has 1 N–H and O–H groups in total. The Morgan fingerprint density at radius 1 is 1.03 bits per heavy atom. The van der Waals surface area contributed by atoms with Crippen molar-refractivity contribution in [2.45, 2.75) is 20.3 Å². The largest absolute Gasteiger partial charge is 0.504 e. The Balaban J connectivity index is 1.77. The van der Waals surface area contributed by atoms with Crippen molar-refractivity contribution in [1.29, 1.82) is 0 Å². The number of hydrogen-bond acceptors (Lipinski definition) is 4. The van der Waals surface area contributed by atoms with Crippen molar-refractivity contribution in [2.24, 2.45) is 4.99 Å². The Morgan fingerprint density at radius 3 is 2.45 bits per heavy atom. The minimum atomic E-state index is -0.703. The number of aromatic hydroxyl groups is 1. The van der Waals surface area contributed by atoms with Crippen molar-refractivity contribution in [2.75, 3.05) is 6.54 Å². The predicted octanol–water partition coefficient (Wildman–Crippen LogP) is 6.29. The fourth-order valence-electron chi connectivity index (χ4n) is 3.67. The van der Waals surface area contributed by atoms with Crippen molar-refractivity contribution >= 4 is 22.7 Å². The summed E-state index contributed by atoms with van der Waals surface area (Å²) in [5.74, 6) is -0.986. The van der Waals surface area contributed by atoms with Crippen molar-refractivity contribution in [3.05, 3.63) is 105 Å². The van der Waals surface area contributed by atoms with Gasteiger partial charge in [-0.3, -0.25) is 0 Å². The number of allylic oxidation sites excluding steroid dienone is 2. The first kappa shape index (κ1) is 21.0. The Kier molecular flexibility index (Phi) is 5.74. The van der Waals surface area contributed by atoms with Gasteiger partial charge in [0, 0.05) is 27.6 Å². The second kappa shape index (κ2) is 8.47. The number of thiophene rings is 1. The highest BCUT2D eigenvalue weighted by atomic mass is 32.1. The van der Waals surface area contributed by atoms with Gasteiger partial charge in [-0.15, -0.1) is 11.3 Å². The van der Waals surface area contributed by atoms with E-state index in [1.807, 2.05) is 30.9 Å². The average molecular weight is 437 g/mol. The van der Waals surface area contributed by atoms with Crippen molar-refractivity contribution in [1.82, 2.24) is 4.90 Å². The average Bonchev–Trinajstić information content (AvgIpc) is 3.16. The molecule has 1 aliphatic heterocycles. The third kappa shape index (κ3) is 4.16. The number of aryl methyl sites for hydroxylation is 1. The summed E-state index contributed by atoms with van der Waals surface area (Å²) in [4.78, 5) is 8.89. The van der Waals surface area contributed by atoms with Gasteiger partial charge in [0.1, 0.15) is 11.7 Å². The Morgan fingerprint density at radius 2 is 1.77 bits per heavy atom. The third-order valence-electron chi connectivity index (χ3n) is 5.26. The van der Waals surface area contributed by atoms with Crippen molar-refractivity contribution in [3.8, 4) is 5.75 Å². The van der Waals surface area contributed by atoms with Gasteiger partial charge >= 0.3 is 0 Å². The minimum absolute atomic E-state index is 0.285. The lowest BCUT2D eigenvalue weighted by Gasteiger charge is -2.33. The number of hydrogen-bond donors (Lipinski definition) is 1. The molecule has 0 atom stereocenters. The first-order valence-electron chi connectivity index (χ1n) is 9.90. The van der Waals surface area contributed by atoms with Crippen LogP contribution in [0, 0.1) is 18.6 Å².